The van der Waals surface area contributed by atoms with Gasteiger partial charge < -0.3 is 11.1 Å². The zero-order chi connectivity index (χ0) is 10.5. The van der Waals surface area contributed by atoms with E-state index in [2.05, 4.69) is 26.1 Å². The molecule has 0 aliphatic carbocycles. The first-order valence-corrected chi connectivity index (χ1v) is 4.87. The molecule has 0 aromatic carbocycles. The van der Waals surface area contributed by atoms with Crippen molar-refractivity contribution in [1.29, 1.82) is 0 Å². The number of hydrogen-bond acceptors (Lipinski definition) is 2. The molecule has 0 radical (unpaired) electrons. The van der Waals surface area contributed by atoms with Crippen LogP contribution in [0.15, 0.2) is 0 Å². The molecule has 3 heteroatoms. The predicted octanol–water partition coefficient (Wildman–Crippen LogP) is 1.28. The summed E-state index contributed by atoms with van der Waals surface area (Å²) in [5.41, 5.74) is 5.80. The zero-order valence-electron chi connectivity index (χ0n) is 9.18. The maximum Gasteiger partial charge on any atom is 0.221 e. The SMILES string of the molecule is CCC(N)CC(=O)NCC(C)(C)C. The fraction of sp³-hybridized carbons (Fsp3) is 0.900. The molecule has 0 aromatic rings. The van der Waals surface area contributed by atoms with E-state index in [1.54, 1.807) is 0 Å². The largest absolute Gasteiger partial charge is 0.356 e. The molecule has 0 bridgehead atoms. The Hall–Kier alpha value is -0.570. The number of nitrogens with two attached hydrogens (primary N) is 1. The van der Waals surface area contributed by atoms with E-state index in [-0.39, 0.29) is 17.4 Å². The molecule has 1 atom stereocenters. The number of hydrogen-bond donors (Lipinski definition) is 2. The van der Waals surface area contributed by atoms with Crippen molar-refractivity contribution in [2.45, 2.75) is 46.6 Å². The van der Waals surface area contributed by atoms with Crippen molar-refractivity contribution in [2.24, 2.45) is 11.1 Å². The summed E-state index contributed by atoms with van der Waals surface area (Å²) in [6.07, 6.45) is 1.29. The van der Waals surface area contributed by atoms with Gasteiger partial charge in [-0.2, -0.15) is 0 Å². The standard InChI is InChI=1S/C10H22N2O/c1-5-8(11)6-9(13)12-7-10(2,3)4/h8H,5-7,11H2,1-4H3,(H,12,13). The van der Waals surface area contributed by atoms with Gasteiger partial charge in [-0.15, -0.1) is 0 Å². The molecule has 0 aromatic heterocycles. The normalized spacial score (nSPS) is 13.9. The van der Waals surface area contributed by atoms with Crippen LogP contribution >= 0.6 is 0 Å². The lowest BCUT2D eigenvalue weighted by Crippen LogP contribution is -2.36. The second-order valence-corrected chi connectivity index (χ2v) is 4.71. The zero-order valence-corrected chi connectivity index (χ0v) is 9.18. The second kappa shape index (κ2) is 5.22. The smallest absolute Gasteiger partial charge is 0.221 e. The van der Waals surface area contributed by atoms with Crippen LogP contribution in [-0.2, 0) is 4.79 Å². The van der Waals surface area contributed by atoms with Gasteiger partial charge in [0.2, 0.25) is 5.91 Å². The van der Waals surface area contributed by atoms with Gasteiger partial charge in [0, 0.05) is 19.0 Å². The maximum absolute atomic E-state index is 11.3. The topological polar surface area (TPSA) is 55.1 Å². The van der Waals surface area contributed by atoms with Crippen LogP contribution in [0, 0.1) is 5.41 Å². The summed E-state index contributed by atoms with van der Waals surface area (Å²) in [7, 11) is 0. The molecule has 0 saturated carbocycles. The molecule has 0 rings (SSSR count). The highest BCUT2D eigenvalue weighted by Gasteiger charge is 2.13. The van der Waals surface area contributed by atoms with E-state index in [9.17, 15) is 4.79 Å². The van der Waals surface area contributed by atoms with E-state index in [0.29, 0.717) is 13.0 Å². The van der Waals surface area contributed by atoms with Crippen LogP contribution in [-0.4, -0.2) is 18.5 Å². The molecule has 0 fully saturated rings. The fourth-order valence-electron chi connectivity index (χ4n) is 0.818. The third-order valence-electron chi connectivity index (χ3n) is 1.79. The molecule has 0 aliphatic heterocycles. The first-order chi connectivity index (χ1) is 5.85. The summed E-state index contributed by atoms with van der Waals surface area (Å²) in [4.78, 5) is 11.3. The van der Waals surface area contributed by atoms with Crippen LogP contribution in [0.25, 0.3) is 0 Å². The minimum Gasteiger partial charge on any atom is -0.356 e. The number of rotatable bonds is 4. The van der Waals surface area contributed by atoms with E-state index < -0.39 is 0 Å². The summed E-state index contributed by atoms with van der Waals surface area (Å²) in [6, 6.07) is -0.0000293. The van der Waals surface area contributed by atoms with Gasteiger partial charge in [0.15, 0.2) is 0 Å². The number of carbonyl (C=O) groups is 1. The first kappa shape index (κ1) is 12.4. The van der Waals surface area contributed by atoms with Crippen molar-refractivity contribution < 1.29 is 4.79 Å². The fourth-order valence-corrected chi connectivity index (χ4v) is 0.818. The van der Waals surface area contributed by atoms with Gasteiger partial charge in [0.1, 0.15) is 0 Å². The number of amides is 1. The van der Waals surface area contributed by atoms with Crippen LogP contribution in [0.5, 0.6) is 0 Å². The van der Waals surface area contributed by atoms with Crippen LogP contribution in [0.4, 0.5) is 0 Å². The summed E-state index contributed by atoms with van der Waals surface area (Å²) >= 11 is 0. The monoisotopic (exact) mass is 186 g/mol. The summed E-state index contributed by atoms with van der Waals surface area (Å²) < 4.78 is 0. The van der Waals surface area contributed by atoms with E-state index in [1.807, 2.05) is 6.92 Å². The molecule has 1 unspecified atom stereocenters. The average Bonchev–Trinajstić information content (AvgIpc) is 1.99. The molecule has 78 valence electrons. The van der Waals surface area contributed by atoms with Gasteiger partial charge in [-0.1, -0.05) is 27.7 Å². The second-order valence-electron chi connectivity index (χ2n) is 4.71. The third-order valence-corrected chi connectivity index (χ3v) is 1.79. The predicted molar refractivity (Wildman–Crippen MR) is 55.3 cm³/mol. The van der Waals surface area contributed by atoms with E-state index in [4.69, 9.17) is 5.73 Å². The Labute approximate surface area is 81.1 Å². The lowest BCUT2D eigenvalue weighted by Gasteiger charge is -2.19. The first-order valence-electron chi connectivity index (χ1n) is 4.87. The summed E-state index contributed by atoms with van der Waals surface area (Å²) in [6.45, 7) is 8.97. The van der Waals surface area contributed by atoms with Gasteiger partial charge in [-0.25, -0.2) is 0 Å². The molecule has 1 amide bonds. The Morgan fingerprint density at radius 1 is 1.46 bits per heavy atom. The quantitative estimate of drug-likeness (QED) is 0.695. The molecular formula is C10H22N2O. The molecule has 0 aliphatic rings. The molecule has 0 saturated heterocycles. The summed E-state index contributed by atoms with van der Waals surface area (Å²) in [5.74, 6) is 0.0595. The van der Waals surface area contributed by atoms with Crippen molar-refractivity contribution >= 4 is 5.91 Å². The Morgan fingerprint density at radius 2 is 2.00 bits per heavy atom. The molecule has 13 heavy (non-hydrogen) atoms. The highest BCUT2D eigenvalue weighted by Crippen LogP contribution is 2.10. The Kier molecular flexibility index (Phi) is 4.99. The van der Waals surface area contributed by atoms with Crippen LogP contribution in [0.2, 0.25) is 0 Å². The molecular weight excluding hydrogens is 164 g/mol. The summed E-state index contributed by atoms with van der Waals surface area (Å²) in [5, 5.41) is 2.87. The Morgan fingerprint density at radius 3 is 2.38 bits per heavy atom. The van der Waals surface area contributed by atoms with Crippen molar-refractivity contribution in [3.8, 4) is 0 Å². The minimum absolute atomic E-state index is 0.0000293. The van der Waals surface area contributed by atoms with E-state index in [1.165, 1.54) is 0 Å². The highest BCUT2D eigenvalue weighted by atomic mass is 16.1. The van der Waals surface area contributed by atoms with Crippen molar-refractivity contribution in [1.82, 2.24) is 5.32 Å². The van der Waals surface area contributed by atoms with Crippen molar-refractivity contribution in [2.75, 3.05) is 6.54 Å². The molecule has 3 N–H and O–H groups in total. The van der Waals surface area contributed by atoms with Crippen molar-refractivity contribution in [3.63, 3.8) is 0 Å². The highest BCUT2D eigenvalue weighted by molar-refractivity contribution is 5.76. The van der Waals surface area contributed by atoms with Gasteiger partial charge in [-0.05, 0) is 11.8 Å². The maximum atomic E-state index is 11.3. The van der Waals surface area contributed by atoms with Gasteiger partial charge in [-0.3, -0.25) is 4.79 Å². The minimum atomic E-state index is -0.0000293. The molecule has 0 heterocycles. The van der Waals surface area contributed by atoms with Crippen molar-refractivity contribution in [3.05, 3.63) is 0 Å². The Bertz CT molecular complexity index is 161. The van der Waals surface area contributed by atoms with Crippen LogP contribution < -0.4 is 11.1 Å². The van der Waals surface area contributed by atoms with Gasteiger partial charge >= 0.3 is 0 Å². The van der Waals surface area contributed by atoms with Gasteiger partial charge in [0.25, 0.3) is 0 Å². The lowest BCUT2D eigenvalue weighted by atomic mass is 9.97. The van der Waals surface area contributed by atoms with Crippen LogP contribution in [0.1, 0.15) is 40.5 Å². The third kappa shape index (κ3) is 7.78. The molecule has 0 spiro atoms. The average molecular weight is 186 g/mol. The number of nitrogens with one attached hydrogen (secondary N) is 1. The molecule has 3 nitrogen and oxygen atoms in total. The Balaban J connectivity index is 3.64. The number of carbonyl (C=O) groups excluding carboxylic acids is 1. The lowest BCUT2D eigenvalue weighted by molar-refractivity contribution is -0.121. The van der Waals surface area contributed by atoms with E-state index in [0.717, 1.165) is 6.42 Å². The van der Waals surface area contributed by atoms with E-state index >= 15 is 0 Å². The van der Waals surface area contributed by atoms with Gasteiger partial charge in [0.05, 0.1) is 0 Å². The van der Waals surface area contributed by atoms with Crippen LogP contribution in [0.3, 0.4) is 0 Å².